The van der Waals surface area contributed by atoms with Crippen molar-refractivity contribution in [2.75, 3.05) is 0 Å². The molecular formula is C29H45NO8. The third kappa shape index (κ3) is 11.6. The molecule has 1 aromatic rings. The highest BCUT2D eigenvalue weighted by molar-refractivity contribution is 5.80. The maximum atomic E-state index is 12.5. The maximum Gasteiger partial charge on any atom is 0.324 e. The zero-order valence-electron chi connectivity index (χ0n) is 23.9. The molecule has 0 aromatic heterocycles. The Labute approximate surface area is 226 Å². The molecule has 0 aliphatic rings. The van der Waals surface area contributed by atoms with Gasteiger partial charge in [0.05, 0.1) is 5.92 Å². The molecular weight excluding hydrogens is 490 g/mol. The fourth-order valence-electron chi connectivity index (χ4n) is 3.62. The van der Waals surface area contributed by atoms with Crippen LogP contribution in [0.1, 0.15) is 92.6 Å². The normalized spacial score (nSPS) is 14.5. The van der Waals surface area contributed by atoms with Gasteiger partial charge in [0.15, 0.2) is 11.5 Å². The minimum atomic E-state index is -1.76. The highest BCUT2D eigenvalue weighted by Gasteiger charge is 2.37. The molecule has 0 aliphatic heterocycles. The van der Waals surface area contributed by atoms with Crippen molar-refractivity contribution >= 4 is 23.9 Å². The minimum Gasteiger partial charge on any atom is -0.480 e. The Balaban J connectivity index is 3.17. The Kier molecular flexibility index (Phi) is 13.5. The Bertz CT molecular complexity index is 958. The molecule has 2 unspecified atom stereocenters. The monoisotopic (exact) mass is 535 g/mol. The smallest absolute Gasteiger partial charge is 0.324 e. The van der Waals surface area contributed by atoms with Crippen LogP contribution >= 0.6 is 0 Å². The van der Waals surface area contributed by atoms with E-state index in [1.54, 1.807) is 19.9 Å². The summed E-state index contributed by atoms with van der Waals surface area (Å²) >= 11 is 0. The number of ether oxygens (including phenoxy) is 3. The number of nitrogens with two attached hydrogens (primary N) is 1. The summed E-state index contributed by atoms with van der Waals surface area (Å²) in [6, 6.07) is 4.53. The fraction of sp³-hybridized carbons (Fsp3) is 0.655. The van der Waals surface area contributed by atoms with Crippen LogP contribution in [-0.4, -0.2) is 40.6 Å². The predicted molar refractivity (Wildman–Crippen MR) is 144 cm³/mol. The molecule has 38 heavy (non-hydrogen) atoms. The molecule has 0 saturated heterocycles. The predicted octanol–water partition coefficient (Wildman–Crippen LogP) is 5.06. The van der Waals surface area contributed by atoms with Crippen molar-refractivity contribution in [1.82, 2.24) is 0 Å². The molecule has 0 amide bonds. The van der Waals surface area contributed by atoms with Gasteiger partial charge in [-0.3, -0.25) is 19.2 Å². The zero-order chi connectivity index (χ0) is 29.0. The van der Waals surface area contributed by atoms with Crippen LogP contribution in [0, 0.1) is 17.8 Å². The topological polar surface area (TPSA) is 142 Å². The van der Waals surface area contributed by atoms with Crippen molar-refractivity contribution in [3.05, 3.63) is 23.8 Å². The van der Waals surface area contributed by atoms with Gasteiger partial charge >= 0.3 is 23.9 Å². The maximum absolute atomic E-state index is 12.5. The van der Waals surface area contributed by atoms with Crippen LogP contribution in [0.15, 0.2) is 18.2 Å². The lowest BCUT2D eigenvalue weighted by atomic mass is 9.86. The van der Waals surface area contributed by atoms with Crippen molar-refractivity contribution in [1.29, 1.82) is 0 Å². The van der Waals surface area contributed by atoms with Gasteiger partial charge in [-0.25, -0.2) is 0 Å². The van der Waals surface area contributed by atoms with Crippen LogP contribution in [0.4, 0.5) is 0 Å². The second-order valence-corrected chi connectivity index (χ2v) is 11.0. The van der Waals surface area contributed by atoms with E-state index in [-0.39, 0.29) is 43.1 Å². The van der Waals surface area contributed by atoms with Gasteiger partial charge in [0.1, 0.15) is 11.6 Å². The summed E-state index contributed by atoms with van der Waals surface area (Å²) in [6.07, 6.45) is 1.27. The largest absolute Gasteiger partial charge is 0.480 e. The molecule has 0 spiro atoms. The molecule has 214 valence electrons. The number of rotatable bonds is 16. The number of aliphatic carboxylic acids is 1. The SMILES string of the molecule is CCC(C)C(=O)O[C@@H](C)CC(N)(Cc1ccc(OC(=O)CCC(C)C)c(OC(=O)CCC(C)C)c1)C(=O)O. The second-order valence-electron chi connectivity index (χ2n) is 11.0. The van der Waals surface area contributed by atoms with Crippen molar-refractivity contribution in [3.63, 3.8) is 0 Å². The summed E-state index contributed by atoms with van der Waals surface area (Å²) in [5.74, 6) is -2.20. The Morgan fingerprint density at radius 2 is 1.42 bits per heavy atom. The van der Waals surface area contributed by atoms with Crippen molar-refractivity contribution in [3.8, 4) is 11.5 Å². The number of carbonyl (C=O) groups is 4. The highest BCUT2D eigenvalue weighted by atomic mass is 16.6. The van der Waals surface area contributed by atoms with Crippen LogP contribution < -0.4 is 15.2 Å². The second kappa shape index (κ2) is 15.5. The first-order valence-electron chi connectivity index (χ1n) is 13.4. The minimum absolute atomic E-state index is 0.0261. The van der Waals surface area contributed by atoms with Gasteiger partial charge in [0, 0.05) is 25.7 Å². The number of hydrogen-bond acceptors (Lipinski definition) is 8. The molecule has 3 N–H and O–H groups in total. The summed E-state index contributed by atoms with van der Waals surface area (Å²) in [5.41, 5.74) is 4.99. The first kappa shape index (κ1) is 33.1. The summed E-state index contributed by atoms with van der Waals surface area (Å²) < 4.78 is 16.4. The van der Waals surface area contributed by atoms with Crippen LogP contribution in [0.25, 0.3) is 0 Å². The van der Waals surface area contributed by atoms with Crippen molar-refractivity contribution < 1.29 is 38.5 Å². The molecule has 9 nitrogen and oxygen atoms in total. The number of carboxylic acid groups (broad SMARTS) is 1. The van der Waals surface area contributed by atoms with Crippen LogP contribution in [0.3, 0.4) is 0 Å². The van der Waals surface area contributed by atoms with Crippen LogP contribution in [-0.2, 0) is 30.3 Å². The molecule has 0 bridgehead atoms. The van der Waals surface area contributed by atoms with Crippen molar-refractivity contribution in [2.45, 2.75) is 105 Å². The van der Waals surface area contributed by atoms with E-state index in [0.717, 1.165) is 0 Å². The Morgan fingerprint density at radius 3 is 1.89 bits per heavy atom. The third-order valence-electron chi connectivity index (χ3n) is 6.24. The summed E-state index contributed by atoms with van der Waals surface area (Å²) in [6.45, 7) is 13.2. The number of carboxylic acids is 1. The van der Waals surface area contributed by atoms with E-state index < -0.39 is 35.5 Å². The highest BCUT2D eigenvalue weighted by Crippen LogP contribution is 2.32. The van der Waals surface area contributed by atoms with E-state index in [2.05, 4.69) is 0 Å². The lowest BCUT2D eigenvalue weighted by Gasteiger charge is -2.28. The summed E-state index contributed by atoms with van der Waals surface area (Å²) in [5, 5.41) is 9.93. The van der Waals surface area contributed by atoms with Gasteiger partial charge in [-0.05, 0) is 55.7 Å². The van der Waals surface area contributed by atoms with E-state index in [1.165, 1.54) is 12.1 Å². The molecule has 0 aliphatic carbocycles. The average molecular weight is 536 g/mol. The van der Waals surface area contributed by atoms with Crippen molar-refractivity contribution in [2.24, 2.45) is 23.5 Å². The Morgan fingerprint density at radius 1 is 0.895 bits per heavy atom. The van der Waals surface area contributed by atoms with Crippen LogP contribution in [0.5, 0.6) is 11.5 Å². The van der Waals surface area contributed by atoms with E-state index in [9.17, 15) is 24.3 Å². The zero-order valence-corrected chi connectivity index (χ0v) is 23.9. The quantitative estimate of drug-likeness (QED) is 0.219. The van der Waals surface area contributed by atoms with Gasteiger partial charge in [0.25, 0.3) is 0 Å². The molecule has 3 atom stereocenters. The lowest BCUT2D eigenvalue weighted by Crippen LogP contribution is -2.52. The molecule has 0 radical (unpaired) electrons. The van der Waals surface area contributed by atoms with E-state index in [0.29, 0.717) is 36.7 Å². The molecule has 0 heterocycles. The molecule has 9 heteroatoms. The molecule has 1 rings (SSSR count). The van der Waals surface area contributed by atoms with E-state index in [4.69, 9.17) is 19.9 Å². The van der Waals surface area contributed by atoms with E-state index in [1.807, 2.05) is 34.6 Å². The lowest BCUT2D eigenvalue weighted by molar-refractivity contribution is -0.156. The molecule has 0 saturated carbocycles. The van der Waals surface area contributed by atoms with Gasteiger partial charge in [-0.15, -0.1) is 0 Å². The van der Waals surface area contributed by atoms with Gasteiger partial charge in [0.2, 0.25) is 0 Å². The summed E-state index contributed by atoms with van der Waals surface area (Å²) in [7, 11) is 0. The standard InChI is InChI=1S/C29H45NO8/c1-8-20(6)27(33)36-21(7)16-29(30,28(34)35)17-22-11-12-23(37-25(31)13-9-18(2)3)24(15-22)38-26(32)14-10-19(4)5/h11-12,15,18-21H,8-10,13-14,16-17,30H2,1-7H3,(H,34,35)/t20?,21-,29?/m0/s1. The first-order chi connectivity index (χ1) is 17.7. The average Bonchev–Trinajstić information content (AvgIpc) is 2.82. The molecule has 1 aromatic carbocycles. The molecule has 0 fully saturated rings. The van der Waals surface area contributed by atoms with Gasteiger partial charge in [-0.1, -0.05) is 47.6 Å². The summed E-state index contributed by atoms with van der Waals surface area (Å²) in [4.78, 5) is 49.1. The number of carbonyl (C=O) groups excluding carboxylic acids is 3. The fourth-order valence-corrected chi connectivity index (χ4v) is 3.62. The van der Waals surface area contributed by atoms with Gasteiger partial charge in [-0.2, -0.15) is 0 Å². The number of hydrogen-bond donors (Lipinski definition) is 2. The number of benzene rings is 1. The first-order valence-corrected chi connectivity index (χ1v) is 13.4. The number of esters is 3. The van der Waals surface area contributed by atoms with Crippen LogP contribution in [0.2, 0.25) is 0 Å². The third-order valence-corrected chi connectivity index (χ3v) is 6.24. The Hall–Kier alpha value is -2.94. The van der Waals surface area contributed by atoms with E-state index >= 15 is 0 Å². The van der Waals surface area contributed by atoms with Gasteiger partial charge < -0.3 is 25.1 Å².